The fourth-order valence-corrected chi connectivity index (χ4v) is 2.07. The van der Waals surface area contributed by atoms with Gasteiger partial charge in [0.25, 0.3) is 5.56 Å². The molecule has 4 atom stereocenters. The highest BCUT2D eigenvalue weighted by Crippen LogP contribution is 2.33. The van der Waals surface area contributed by atoms with E-state index in [2.05, 4.69) is 11.6 Å². The standard InChI is InChI=1S/C11H14N2O5/c1-2-6-7(5-14)18-10(9(6)16)13-4-3-8(15)12-11(13)17/h2-4,6-7,9-10,14,16H,1,5H2,(H,12,15,17). The van der Waals surface area contributed by atoms with Gasteiger partial charge in [-0.15, -0.1) is 6.58 Å². The van der Waals surface area contributed by atoms with Crippen LogP contribution in [0.1, 0.15) is 6.23 Å². The molecule has 0 saturated carbocycles. The van der Waals surface area contributed by atoms with Crippen molar-refractivity contribution >= 4 is 0 Å². The van der Waals surface area contributed by atoms with E-state index in [4.69, 9.17) is 9.84 Å². The quantitative estimate of drug-likeness (QED) is 0.575. The van der Waals surface area contributed by atoms with Gasteiger partial charge in [-0.1, -0.05) is 6.08 Å². The molecule has 0 bridgehead atoms. The maximum atomic E-state index is 11.6. The van der Waals surface area contributed by atoms with Gasteiger partial charge in [0.05, 0.1) is 12.7 Å². The van der Waals surface area contributed by atoms with Gasteiger partial charge >= 0.3 is 5.69 Å². The zero-order chi connectivity index (χ0) is 13.3. The van der Waals surface area contributed by atoms with Gasteiger partial charge in [-0.05, 0) is 0 Å². The molecule has 1 aromatic rings. The number of rotatable bonds is 3. The first-order chi connectivity index (χ1) is 8.58. The van der Waals surface area contributed by atoms with E-state index >= 15 is 0 Å². The first kappa shape index (κ1) is 12.7. The van der Waals surface area contributed by atoms with Crippen molar-refractivity contribution in [2.75, 3.05) is 6.61 Å². The Morgan fingerprint density at radius 3 is 2.78 bits per heavy atom. The molecule has 1 aliphatic rings. The molecular formula is C11H14N2O5. The van der Waals surface area contributed by atoms with Crippen LogP contribution in [0.2, 0.25) is 0 Å². The summed E-state index contributed by atoms with van der Waals surface area (Å²) in [5, 5.41) is 19.2. The molecule has 0 amide bonds. The minimum absolute atomic E-state index is 0.289. The van der Waals surface area contributed by atoms with E-state index in [9.17, 15) is 14.7 Å². The lowest BCUT2D eigenvalue weighted by molar-refractivity contribution is -0.0533. The average molecular weight is 254 g/mol. The number of hydrogen-bond donors (Lipinski definition) is 3. The SMILES string of the molecule is C=CC1C(CO)OC(n2ccc(=O)[nH]c2=O)C1O. The van der Waals surface area contributed by atoms with Crippen molar-refractivity contribution in [1.82, 2.24) is 9.55 Å². The molecule has 4 unspecified atom stereocenters. The van der Waals surface area contributed by atoms with Crippen LogP contribution in [0.3, 0.4) is 0 Å². The molecule has 2 heterocycles. The summed E-state index contributed by atoms with van der Waals surface area (Å²) in [6.45, 7) is 3.27. The van der Waals surface area contributed by atoms with Gasteiger partial charge in [-0.3, -0.25) is 14.3 Å². The van der Waals surface area contributed by atoms with E-state index < -0.39 is 35.6 Å². The molecule has 18 heavy (non-hydrogen) atoms. The second-order valence-corrected chi connectivity index (χ2v) is 4.07. The summed E-state index contributed by atoms with van der Waals surface area (Å²) in [5.41, 5.74) is -1.20. The molecule has 1 aromatic heterocycles. The number of hydrogen-bond acceptors (Lipinski definition) is 5. The Kier molecular flexibility index (Phi) is 3.46. The Hall–Kier alpha value is -1.70. The van der Waals surface area contributed by atoms with Crippen LogP contribution >= 0.6 is 0 Å². The van der Waals surface area contributed by atoms with Crippen molar-refractivity contribution in [3.8, 4) is 0 Å². The number of nitrogens with zero attached hydrogens (tertiary/aromatic N) is 1. The second kappa shape index (κ2) is 4.89. The van der Waals surface area contributed by atoms with Gasteiger partial charge in [-0.2, -0.15) is 0 Å². The summed E-state index contributed by atoms with van der Waals surface area (Å²) in [6, 6.07) is 1.16. The summed E-state index contributed by atoms with van der Waals surface area (Å²) in [4.78, 5) is 24.6. The summed E-state index contributed by atoms with van der Waals surface area (Å²) in [7, 11) is 0. The molecule has 1 aliphatic heterocycles. The molecule has 1 fully saturated rings. The van der Waals surface area contributed by atoms with Crippen LogP contribution in [0.25, 0.3) is 0 Å². The Labute approximate surface area is 102 Å². The van der Waals surface area contributed by atoms with E-state index in [0.29, 0.717) is 0 Å². The van der Waals surface area contributed by atoms with Crippen molar-refractivity contribution in [3.63, 3.8) is 0 Å². The topological polar surface area (TPSA) is 105 Å². The fraction of sp³-hybridized carbons (Fsp3) is 0.455. The Bertz CT molecular complexity index is 549. The van der Waals surface area contributed by atoms with E-state index in [1.807, 2.05) is 0 Å². The van der Waals surface area contributed by atoms with E-state index in [1.54, 1.807) is 0 Å². The maximum Gasteiger partial charge on any atom is 0.330 e. The monoisotopic (exact) mass is 254 g/mol. The zero-order valence-electron chi connectivity index (χ0n) is 9.52. The van der Waals surface area contributed by atoms with Crippen molar-refractivity contribution in [2.24, 2.45) is 5.92 Å². The molecule has 7 nitrogen and oxygen atoms in total. The molecule has 0 aromatic carbocycles. The van der Waals surface area contributed by atoms with Crippen LogP contribution in [-0.4, -0.2) is 38.6 Å². The molecule has 0 spiro atoms. The number of H-pyrrole nitrogens is 1. The lowest BCUT2D eigenvalue weighted by atomic mass is 9.99. The molecule has 0 aliphatic carbocycles. The predicted molar refractivity (Wildman–Crippen MR) is 62.0 cm³/mol. The molecule has 3 N–H and O–H groups in total. The highest BCUT2D eigenvalue weighted by atomic mass is 16.5. The number of aromatic nitrogens is 2. The molecule has 7 heteroatoms. The van der Waals surface area contributed by atoms with Crippen molar-refractivity contribution in [3.05, 3.63) is 45.8 Å². The Balaban J connectivity index is 2.37. The number of aliphatic hydroxyl groups is 2. The first-order valence-electron chi connectivity index (χ1n) is 5.47. The highest BCUT2D eigenvalue weighted by molar-refractivity contribution is 4.99. The third-order valence-electron chi connectivity index (χ3n) is 3.01. The van der Waals surface area contributed by atoms with Crippen LogP contribution in [0, 0.1) is 5.92 Å². The second-order valence-electron chi connectivity index (χ2n) is 4.07. The van der Waals surface area contributed by atoms with E-state index in [1.165, 1.54) is 12.3 Å². The van der Waals surface area contributed by atoms with Crippen LogP contribution in [0.4, 0.5) is 0 Å². The summed E-state index contributed by atoms with van der Waals surface area (Å²) in [5.74, 6) is -0.473. The molecule has 0 radical (unpaired) electrons. The minimum atomic E-state index is -1.01. The first-order valence-corrected chi connectivity index (χ1v) is 5.47. The van der Waals surface area contributed by atoms with Gasteiger partial charge < -0.3 is 14.9 Å². The molecular weight excluding hydrogens is 240 g/mol. The van der Waals surface area contributed by atoms with Crippen LogP contribution in [-0.2, 0) is 4.74 Å². The normalized spacial score (nSPS) is 31.4. The lowest BCUT2D eigenvalue weighted by Crippen LogP contribution is -2.35. The number of aromatic amines is 1. The third-order valence-corrected chi connectivity index (χ3v) is 3.01. The smallest absolute Gasteiger partial charge is 0.330 e. The predicted octanol–water partition coefficient (Wildman–Crippen LogP) is -1.41. The van der Waals surface area contributed by atoms with Gasteiger partial charge in [0.1, 0.15) is 6.10 Å². The van der Waals surface area contributed by atoms with Crippen LogP contribution < -0.4 is 11.2 Å². The molecule has 1 saturated heterocycles. The molecule has 2 rings (SSSR count). The van der Waals surface area contributed by atoms with Crippen LogP contribution in [0.5, 0.6) is 0 Å². The Morgan fingerprint density at radius 1 is 1.56 bits per heavy atom. The van der Waals surface area contributed by atoms with Gasteiger partial charge in [0.15, 0.2) is 6.23 Å². The molecule has 98 valence electrons. The highest BCUT2D eigenvalue weighted by Gasteiger charge is 2.42. The largest absolute Gasteiger partial charge is 0.394 e. The number of nitrogens with one attached hydrogen (secondary N) is 1. The summed E-state index contributed by atoms with van der Waals surface area (Å²) >= 11 is 0. The fourth-order valence-electron chi connectivity index (χ4n) is 2.07. The summed E-state index contributed by atoms with van der Waals surface area (Å²) < 4.78 is 6.48. The van der Waals surface area contributed by atoms with E-state index in [0.717, 1.165) is 10.6 Å². The van der Waals surface area contributed by atoms with E-state index in [-0.39, 0.29) is 6.61 Å². The van der Waals surface area contributed by atoms with Gasteiger partial charge in [0.2, 0.25) is 0 Å². The average Bonchev–Trinajstić information content (AvgIpc) is 2.66. The number of aliphatic hydroxyl groups excluding tert-OH is 2. The minimum Gasteiger partial charge on any atom is -0.394 e. The zero-order valence-corrected chi connectivity index (χ0v) is 9.52. The van der Waals surface area contributed by atoms with Crippen molar-refractivity contribution < 1.29 is 14.9 Å². The van der Waals surface area contributed by atoms with Gasteiger partial charge in [0, 0.05) is 18.2 Å². The van der Waals surface area contributed by atoms with Gasteiger partial charge in [-0.25, -0.2) is 4.79 Å². The maximum absolute atomic E-state index is 11.6. The summed E-state index contributed by atoms with van der Waals surface area (Å²) in [6.07, 6.45) is 0.135. The van der Waals surface area contributed by atoms with Crippen molar-refractivity contribution in [1.29, 1.82) is 0 Å². The number of ether oxygens (including phenoxy) is 1. The van der Waals surface area contributed by atoms with Crippen molar-refractivity contribution in [2.45, 2.75) is 18.4 Å². The Morgan fingerprint density at radius 2 is 2.28 bits per heavy atom. The van der Waals surface area contributed by atoms with Crippen LogP contribution in [0.15, 0.2) is 34.5 Å². The third kappa shape index (κ3) is 2.03. The lowest BCUT2D eigenvalue weighted by Gasteiger charge is -2.17.